The molecule has 0 saturated carbocycles. The van der Waals surface area contributed by atoms with E-state index < -0.39 is 0 Å². The summed E-state index contributed by atoms with van der Waals surface area (Å²) in [6.07, 6.45) is 1.15. The van der Waals surface area contributed by atoms with Gasteiger partial charge in [-0.25, -0.2) is 0 Å². The highest BCUT2D eigenvalue weighted by Crippen LogP contribution is 2.28. The predicted molar refractivity (Wildman–Crippen MR) is 76.7 cm³/mol. The number of benzene rings is 1. The van der Waals surface area contributed by atoms with Gasteiger partial charge in [-0.15, -0.1) is 0 Å². The van der Waals surface area contributed by atoms with E-state index in [1.807, 2.05) is 33.8 Å². The molecule has 1 aliphatic heterocycles. The summed E-state index contributed by atoms with van der Waals surface area (Å²) in [6, 6.07) is 6.25. The van der Waals surface area contributed by atoms with E-state index in [0.717, 1.165) is 25.1 Å². The second-order valence-electron chi connectivity index (χ2n) is 3.45. The first-order valence-electron chi connectivity index (χ1n) is 6.82. The Kier molecular flexibility index (Phi) is 8.51. The molecule has 98 valence electrons. The van der Waals surface area contributed by atoms with Gasteiger partial charge >= 0.3 is 0 Å². The predicted octanol–water partition coefficient (Wildman–Crippen LogP) is 3.61. The third-order valence-electron chi connectivity index (χ3n) is 2.71. The van der Waals surface area contributed by atoms with Crippen LogP contribution in [-0.2, 0) is 13.0 Å². The largest absolute Gasteiger partial charge is 0.392 e. The molecule has 0 spiro atoms. The fourth-order valence-electron chi connectivity index (χ4n) is 1.92. The second kappa shape index (κ2) is 9.06. The SMILES string of the molecule is CC.CC.CCN1CCc2ccc(CO)cc21. The average Bonchev–Trinajstić information content (AvgIpc) is 2.85. The molecule has 17 heavy (non-hydrogen) atoms. The van der Waals surface area contributed by atoms with Crippen molar-refractivity contribution in [1.29, 1.82) is 0 Å². The summed E-state index contributed by atoms with van der Waals surface area (Å²) < 4.78 is 0. The third kappa shape index (κ3) is 4.04. The topological polar surface area (TPSA) is 23.5 Å². The van der Waals surface area contributed by atoms with Gasteiger partial charge in [0.05, 0.1) is 6.61 Å². The lowest BCUT2D eigenvalue weighted by Crippen LogP contribution is -2.19. The molecule has 1 aliphatic rings. The van der Waals surface area contributed by atoms with Gasteiger partial charge in [-0.3, -0.25) is 0 Å². The summed E-state index contributed by atoms with van der Waals surface area (Å²) >= 11 is 0. The summed E-state index contributed by atoms with van der Waals surface area (Å²) in [5.74, 6) is 0. The van der Waals surface area contributed by atoms with E-state index >= 15 is 0 Å². The fourth-order valence-corrected chi connectivity index (χ4v) is 1.92. The van der Waals surface area contributed by atoms with Crippen molar-refractivity contribution in [2.24, 2.45) is 0 Å². The molecule has 1 N–H and O–H groups in total. The molecule has 0 radical (unpaired) electrons. The van der Waals surface area contributed by atoms with Crippen molar-refractivity contribution in [3.8, 4) is 0 Å². The van der Waals surface area contributed by atoms with Crippen LogP contribution in [0.4, 0.5) is 5.69 Å². The van der Waals surface area contributed by atoms with Crippen LogP contribution in [0.25, 0.3) is 0 Å². The van der Waals surface area contributed by atoms with Gasteiger partial charge in [-0.1, -0.05) is 39.8 Å². The highest BCUT2D eigenvalue weighted by molar-refractivity contribution is 5.59. The molecular weight excluding hydrogens is 210 g/mol. The zero-order valence-electron chi connectivity index (χ0n) is 12.0. The van der Waals surface area contributed by atoms with Crippen LogP contribution in [0.2, 0.25) is 0 Å². The Labute approximate surface area is 106 Å². The molecule has 2 rings (SSSR count). The van der Waals surface area contributed by atoms with Crippen molar-refractivity contribution in [2.45, 2.75) is 47.6 Å². The third-order valence-corrected chi connectivity index (χ3v) is 2.71. The number of nitrogens with zero attached hydrogens (tertiary/aromatic N) is 1. The standard InChI is InChI=1S/C11H15NO.2C2H6/c1-2-12-6-5-10-4-3-9(8-13)7-11(10)12;2*1-2/h3-4,7,13H,2,5-6,8H2,1H3;2*1-2H3. The van der Waals surface area contributed by atoms with Gasteiger partial charge in [0.1, 0.15) is 0 Å². The van der Waals surface area contributed by atoms with Crippen LogP contribution < -0.4 is 4.90 Å². The molecule has 0 aromatic heterocycles. The molecule has 0 atom stereocenters. The monoisotopic (exact) mass is 237 g/mol. The average molecular weight is 237 g/mol. The van der Waals surface area contributed by atoms with Gasteiger partial charge in [0.15, 0.2) is 0 Å². The smallest absolute Gasteiger partial charge is 0.0682 e. The molecule has 1 aromatic rings. The second-order valence-corrected chi connectivity index (χ2v) is 3.45. The highest BCUT2D eigenvalue weighted by atomic mass is 16.3. The maximum absolute atomic E-state index is 9.01. The lowest BCUT2D eigenvalue weighted by atomic mass is 10.1. The molecule has 2 nitrogen and oxygen atoms in total. The lowest BCUT2D eigenvalue weighted by molar-refractivity contribution is 0.282. The molecule has 0 bridgehead atoms. The van der Waals surface area contributed by atoms with Crippen molar-refractivity contribution in [1.82, 2.24) is 0 Å². The Balaban J connectivity index is 0.000000581. The van der Waals surface area contributed by atoms with Crippen molar-refractivity contribution in [3.05, 3.63) is 29.3 Å². The fraction of sp³-hybridized carbons (Fsp3) is 0.600. The van der Waals surface area contributed by atoms with Crippen LogP contribution in [0.15, 0.2) is 18.2 Å². The minimum absolute atomic E-state index is 0.144. The van der Waals surface area contributed by atoms with Gasteiger partial charge in [0.25, 0.3) is 0 Å². The minimum Gasteiger partial charge on any atom is -0.392 e. The maximum atomic E-state index is 9.01. The number of likely N-dealkylation sites (N-methyl/N-ethyl adjacent to an activating group) is 1. The van der Waals surface area contributed by atoms with E-state index in [-0.39, 0.29) is 6.61 Å². The molecule has 1 heterocycles. The molecule has 0 saturated heterocycles. The molecule has 0 aliphatic carbocycles. The van der Waals surface area contributed by atoms with Gasteiger partial charge in [0, 0.05) is 18.8 Å². The molecule has 2 heteroatoms. The summed E-state index contributed by atoms with van der Waals surface area (Å²) in [7, 11) is 0. The van der Waals surface area contributed by atoms with Crippen molar-refractivity contribution < 1.29 is 5.11 Å². The number of rotatable bonds is 2. The molecule has 0 unspecified atom stereocenters. The van der Waals surface area contributed by atoms with Crippen LogP contribution in [-0.4, -0.2) is 18.2 Å². The maximum Gasteiger partial charge on any atom is 0.0682 e. The van der Waals surface area contributed by atoms with Crippen LogP contribution in [0.3, 0.4) is 0 Å². The zero-order valence-corrected chi connectivity index (χ0v) is 12.0. The van der Waals surface area contributed by atoms with E-state index in [0.29, 0.717) is 0 Å². The minimum atomic E-state index is 0.144. The van der Waals surface area contributed by atoms with Crippen LogP contribution in [0.1, 0.15) is 45.7 Å². The van der Waals surface area contributed by atoms with Crippen LogP contribution in [0.5, 0.6) is 0 Å². The first-order chi connectivity index (χ1) is 8.35. The van der Waals surface area contributed by atoms with Crippen molar-refractivity contribution in [2.75, 3.05) is 18.0 Å². The molecular formula is C15H27NO. The van der Waals surface area contributed by atoms with Gasteiger partial charge in [-0.2, -0.15) is 0 Å². The molecule has 0 amide bonds. The quantitative estimate of drug-likeness (QED) is 0.849. The number of aliphatic hydroxyl groups is 1. The lowest BCUT2D eigenvalue weighted by Gasteiger charge is -2.16. The van der Waals surface area contributed by atoms with E-state index in [1.165, 1.54) is 11.3 Å². The zero-order chi connectivity index (χ0) is 13.3. The van der Waals surface area contributed by atoms with Crippen LogP contribution >= 0.6 is 0 Å². The summed E-state index contributed by atoms with van der Waals surface area (Å²) in [4.78, 5) is 2.36. The number of aliphatic hydroxyl groups excluding tert-OH is 1. The first-order valence-corrected chi connectivity index (χ1v) is 6.82. The number of anilines is 1. The van der Waals surface area contributed by atoms with E-state index in [1.54, 1.807) is 0 Å². The highest BCUT2D eigenvalue weighted by Gasteiger charge is 2.17. The normalized spacial score (nSPS) is 12.0. The molecule has 1 aromatic carbocycles. The Morgan fingerprint density at radius 1 is 1.18 bits per heavy atom. The van der Waals surface area contributed by atoms with Crippen molar-refractivity contribution >= 4 is 5.69 Å². The summed E-state index contributed by atoms with van der Waals surface area (Å²) in [6.45, 7) is 12.5. The Bertz CT molecular complexity index is 310. The van der Waals surface area contributed by atoms with E-state index in [2.05, 4.69) is 24.0 Å². The summed E-state index contributed by atoms with van der Waals surface area (Å²) in [5.41, 5.74) is 3.74. The first kappa shape index (κ1) is 16.0. The van der Waals surface area contributed by atoms with Gasteiger partial charge < -0.3 is 10.0 Å². The Morgan fingerprint density at radius 2 is 1.82 bits per heavy atom. The Hall–Kier alpha value is -1.02. The summed E-state index contributed by atoms with van der Waals surface area (Å²) in [5, 5.41) is 9.01. The van der Waals surface area contributed by atoms with Gasteiger partial charge in [-0.05, 0) is 30.5 Å². The van der Waals surface area contributed by atoms with E-state index in [9.17, 15) is 0 Å². The number of hydrogen-bond acceptors (Lipinski definition) is 2. The Morgan fingerprint density at radius 3 is 2.35 bits per heavy atom. The molecule has 0 fully saturated rings. The van der Waals surface area contributed by atoms with Crippen molar-refractivity contribution in [3.63, 3.8) is 0 Å². The number of hydrogen-bond donors (Lipinski definition) is 1. The van der Waals surface area contributed by atoms with Gasteiger partial charge in [0.2, 0.25) is 0 Å². The van der Waals surface area contributed by atoms with Crippen LogP contribution in [0, 0.1) is 0 Å². The van der Waals surface area contributed by atoms with E-state index in [4.69, 9.17) is 5.11 Å². The number of fused-ring (bicyclic) bond motifs is 1.